The average Bonchev–Trinajstić information content (AvgIpc) is 3.00. The van der Waals surface area contributed by atoms with E-state index in [9.17, 15) is 15.2 Å². The fourth-order valence-corrected chi connectivity index (χ4v) is 3.84. The maximum atomic E-state index is 10.9. The number of non-ortho nitro benzene ring substituents is 1. The molecular formula is C16H19BrN4O3. The summed E-state index contributed by atoms with van der Waals surface area (Å²) >= 11 is 3.43. The number of aliphatic hydroxyl groups excluding tert-OH is 1. The molecule has 0 aliphatic carbocycles. The van der Waals surface area contributed by atoms with Crippen LogP contribution in [0.3, 0.4) is 0 Å². The van der Waals surface area contributed by atoms with Crippen molar-refractivity contribution in [1.82, 2.24) is 9.55 Å². The topological polar surface area (TPSA) is 84.4 Å². The van der Waals surface area contributed by atoms with Crippen LogP contribution in [0.25, 0.3) is 0 Å². The van der Waals surface area contributed by atoms with Gasteiger partial charge in [0.2, 0.25) is 0 Å². The predicted molar refractivity (Wildman–Crippen MR) is 93.9 cm³/mol. The first-order valence-electron chi connectivity index (χ1n) is 7.81. The zero-order valence-corrected chi connectivity index (χ0v) is 14.9. The van der Waals surface area contributed by atoms with E-state index in [1.54, 1.807) is 12.3 Å². The Balaban J connectivity index is 1.78. The number of imidazole rings is 1. The van der Waals surface area contributed by atoms with Crippen LogP contribution in [0.5, 0.6) is 0 Å². The van der Waals surface area contributed by atoms with Crippen LogP contribution in [-0.4, -0.2) is 32.7 Å². The Bertz CT molecular complexity index is 749. The summed E-state index contributed by atoms with van der Waals surface area (Å²) in [6, 6.07) is 4.80. The number of nitrogens with zero attached hydrogens (tertiary/aromatic N) is 4. The monoisotopic (exact) mass is 394 g/mol. The van der Waals surface area contributed by atoms with Gasteiger partial charge in [0, 0.05) is 55.1 Å². The van der Waals surface area contributed by atoms with Crippen molar-refractivity contribution in [3.63, 3.8) is 0 Å². The molecule has 1 aliphatic rings. The van der Waals surface area contributed by atoms with Crippen molar-refractivity contribution in [2.45, 2.75) is 18.9 Å². The largest absolute Gasteiger partial charge is 0.385 e. The van der Waals surface area contributed by atoms with Gasteiger partial charge in [-0.3, -0.25) is 10.1 Å². The second kappa shape index (κ2) is 6.90. The molecule has 8 heteroatoms. The Labute approximate surface area is 148 Å². The number of aryl methyl sites for hydroxylation is 1. The number of hydrogen-bond acceptors (Lipinski definition) is 5. The van der Waals surface area contributed by atoms with Gasteiger partial charge >= 0.3 is 0 Å². The van der Waals surface area contributed by atoms with E-state index in [0.29, 0.717) is 16.8 Å². The summed E-state index contributed by atoms with van der Waals surface area (Å²) in [7, 11) is 1.87. The number of aromatic nitrogens is 2. The number of benzene rings is 1. The van der Waals surface area contributed by atoms with Gasteiger partial charge in [-0.05, 0) is 34.8 Å². The van der Waals surface area contributed by atoms with Crippen molar-refractivity contribution >= 4 is 27.3 Å². The Morgan fingerprint density at radius 2 is 2.29 bits per heavy atom. The van der Waals surface area contributed by atoms with E-state index in [2.05, 4.69) is 25.8 Å². The van der Waals surface area contributed by atoms with Gasteiger partial charge in [-0.15, -0.1) is 0 Å². The molecule has 7 nitrogen and oxygen atoms in total. The summed E-state index contributed by atoms with van der Waals surface area (Å²) < 4.78 is 2.54. The SMILES string of the molecule is Cn1ccnc1C(O)C1CCCN(c2ccc([N+](=O)[O-])cc2Br)C1. The lowest BCUT2D eigenvalue weighted by Gasteiger charge is -2.36. The highest BCUT2D eigenvalue weighted by molar-refractivity contribution is 9.10. The zero-order valence-electron chi connectivity index (χ0n) is 13.3. The molecule has 2 unspecified atom stereocenters. The number of hydrogen-bond donors (Lipinski definition) is 1. The van der Waals surface area contributed by atoms with E-state index in [0.717, 1.165) is 25.1 Å². The molecule has 1 saturated heterocycles. The van der Waals surface area contributed by atoms with Crippen LogP contribution in [-0.2, 0) is 7.05 Å². The minimum atomic E-state index is -0.621. The van der Waals surface area contributed by atoms with Crippen LogP contribution in [0.1, 0.15) is 24.8 Å². The van der Waals surface area contributed by atoms with Gasteiger partial charge in [-0.1, -0.05) is 0 Å². The average molecular weight is 395 g/mol. The quantitative estimate of drug-likeness (QED) is 0.636. The van der Waals surface area contributed by atoms with E-state index < -0.39 is 11.0 Å². The lowest BCUT2D eigenvalue weighted by atomic mass is 9.91. The number of piperidine rings is 1. The third-order valence-electron chi connectivity index (χ3n) is 4.51. The Morgan fingerprint density at radius 3 is 2.92 bits per heavy atom. The van der Waals surface area contributed by atoms with Crippen LogP contribution in [0.15, 0.2) is 35.1 Å². The van der Waals surface area contributed by atoms with Gasteiger partial charge in [-0.25, -0.2) is 4.98 Å². The number of nitro benzene ring substituents is 1. The number of halogens is 1. The summed E-state index contributed by atoms with van der Waals surface area (Å²) in [5.74, 6) is 0.742. The molecule has 2 aromatic rings. The van der Waals surface area contributed by atoms with Gasteiger partial charge in [0.15, 0.2) is 0 Å². The highest BCUT2D eigenvalue weighted by Gasteiger charge is 2.30. The summed E-state index contributed by atoms with van der Waals surface area (Å²) in [6.45, 7) is 1.55. The molecule has 1 fully saturated rings. The normalized spacial score (nSPS) is 19.3. The molecule has 0 radical (unpaired) electrons. The molecule has 24 heavy (non-hydrogen) atoms. The molecule has 0 amide bonds. The lowest BCUT2D eigenvalue weighted by molar-refractivity contribution is -0.384. The molecule has 1 aromatic heterocycles. The van der Waals surface area contributed by atoms with Crippen molar-refractivity contribution < 1.29 is 10.0 Å². The van der Waals surface area contributed by atoms with Crippen LogP contribution in [0.2, 0.25) is 0 Å². The van der Waals surface area contributed by atoms with Gasteiger partial charge < -0.3 is 14.6 Å². The number of anilines is 1. The summed E-state index contributed by atoms with van der Waals surface area (Å²) in [4.78, 5) is 16.9. The van der Waals surface area contributed by atoms with E-state index in [1.165, 1.54) is 12.1 Å². The van der Waals surface area contributed by atoms with Crippen molar-refractivity contribution in [3.05, 3.63) is 51.0 Å². The minimum Gasteiger partial charge on any atom is -0.385 e. The molecular weight excluding hydrogens is 376 g/mol. The zero-order chi connectivity index (χ0) is 17.3. The lowest BCUT2D eigenvalue weighted by Crippen LogP contribution is -2.38. The van der Waals surface area contributed by atoms with Crippen molar-refractivity contribution in [2.24, 2.45) is 13.0 Å². The summed E-state index contributed by atoms with van der Waals surface area (Å²) in [5.41, 5.74) is 0.976. The maximum absolute atomic E-state index is 10.9. The van der Waals surface area contributed by atoms with Crippen LogP contribution < -0.4 is 4.90 Å². The summed E-state index contributed by atoms with van der Waals surface area (Å²) in [5, 5.41) is 21.5. The fourth-order valence-electron chi connectivity index (χ4n) is 3.23. The van der Waals surface area contributed by atoms with Gasteiger partial charge in [0.25, 0.3) is 5.69 Å². The molecule has 3 rings (SSSR count). The minimum absolute atomic E-state index is 0.0622. The molecule has 0 saturated carbocycles. The Hall–Kier alpha value is -1.93. The molecule has 128 valence electrons. The number of rotatable bonds is 4. The van der Waals surface area contributed by atoms with E-state index >= 15 is 0 Å². The van der Waals surface area contributed by atoms with Crippen LogP contribution >= 0.6 is 15.9 Å². The van der Waals surface area contributed by atoms with Crippen molar-refractivity contribution in [3.8, 4) is 0 Å². The molecule has 2 heterocycles. The Kier molecular flexibility index (Phi) is 4.86. The molecule has 1 aromatic carbocycles. The molecule has 0 bridgehead atoms. The van der Waals surface area contributed by atoms with Gasteiger partial charge in [0.05, 0.1) is 10.6 Å². The summed E-state index contributed by atoms with van der Waals surface area (Å²) in [6.07, 6.45) is 4.77. The van der Waals surface area contributed by atoms with Gasteiger partial charge in [0.1, 0.15) is 11.9 Å². The molecule has 0 spiro atoms. The van der Waals surface area contributed by atoms with Gasteiger partial charge in [-0.2, -0.15) is 0 Å². The third kappa shape index (κ3) is 3.29. The van der Waals surface area contributed by atoms with E-state index in [-0.39, 0.29) is 11.6 Å². The highest BCUT2D eigenvalue weighted by Crippen LogP contribution is 2.35. The molecule has 2 atom stereocenters. The second-order valence-corrected chi connectivity index (χ2v) is 6.94. The molecule has 1 aliphatic heterocycles. The van der Waals surface area contributed by atoms with Crippen LogP contribution in [0, 0.1) is 16.0 Å². The Morgan fingerprint density at radius 1 is 1.50 bits per heavy atom. The first-order valence-corrected chi connectivity index (χ1v) is 8.61. The standard InChI is InChI=1S/C16H19BrN4O3/c1-19-8-6-18-16(19)15(22)11-3-2-7-20(10-11)14-5-4-12(21(23)24)9-13(14)17/h4-6,8-9,11,15,22H,2-3,7,10H2,1H3. The smallest absolute Gasteiger partial charge is 0.270 e. The number of nitro groups is 1. The highest BCUT2D eigenvalue weighted by atomic mass is 79.9. The fraction of sp³-hybridized carbons (Fsp3) is 0.438. The molecule has 1 N–H and O–H groups in total. The maximum Gasteiger partial charge on any atom is 0.270 e. The van der Waals surface area contributed by atoms with E-state index in [4.69, 9.17) is 0 Å². The third-order valence-corrected chi connectivity index (χ3v) is 5.15. The van der Waals surface area contributed by atoms with E-state index in [1.807, 2.05) is 17.8 Å². The van der Waals surface area contributed by atoms with Crippen molar-refractivity contribution in [2.75, 3.05) is 18.0 Å². The first kappa shape index (κ1) is 16.9. The first-order chi connectivity index (χ1) is 11.5. The predicted octanol–water partition coefficient (Wildman–Crippen LogP) is 3.04. The van der Waals surface area contributed by atoms with Crippen LogP contribution in [0.4, 0.5) is 11.4 Å². The van der Waals surface area contributed by atoms with Crippen molar-refractivity contribution in [1.29, 1.82) is 0 Å². The second-order valence-electron chi connectivity index (χ2n) is 6.08. The number of aliphatic hydroxyl groups is 1.